The quantitative estimate of drug-likeness (QED) is 0.778. The molecule has 2 aliphatic carbocycles. The highest BCUT2D eigenvalue weighted by molar-refractivity contribution is 5.78. The molecule has 3 atom stereocenters. The molecular formula is C16H25NO3. The third-order valence-electron chi connectivity index (χ3n) is 4.49. The van der Waals surface area contributed by atoms with Gasteiger partial charge in [0.15, 0.2) is 0 Å². The summed E-state index contributed by atoms with van der Waals surface area (Å²) in [5.41, 5.74) is 0. The van der Waals surface area contributed by atoms with Crippen molar-refractivity contribution in [2.75, 3.05) is 0 Å². The number of nitrogens with one attached hydrogen (secondary N) is 1. The molecule has 0 radical (unpaired) electrons. The zero-order valence-corrected chi connectivity index (χ0v) is 12.0. The number of allylic oxidation sites excluding steroid dienone is 2. The van der Waals surface area contributed by atoms with Crippen LogP contribution in [0.2, 0.25) is 0 Å². The molecule has 20 heavy (non-hydrogen) atoms. The van der Waals surface area contributed by atoms with Gasteiger partial charge < -0.3 is 10.4 Å². The first-order valence-electron chi connectivity index (χ1n) is 7.85. The Hall–Kier alpha value is -1.32. The predicted octanol–water partition coefficient (Wildman–Crippen LogP) is 2.88. The van der Waals surface area contributed by atoms with Crippen LogP contribution in [0.25, 0.3) is 0 Å². The molecular weight excluding hydrogens is 254 g/mol. The Labute approximate surface area is 120 Å². The highest BCUT2D eigenvalue weighted by Crippen LogP contribution is 2.24. The minimum atomic E-state index is -0.766. The maximum atomic E-state index is 12.1. The van der Waals surface area contributed by atoms with E-state index in [9.17, 15) is 14.7 Å². The normalized spacial score (nSPS) is 30.5. The summed E-state index contributed by atoms with van der Waals surface area (Å²) in [7, 11) is 0. The van der Waals surface area contributed by atoms with E-state index in [4.69, 9.17) is 0 Å². The van der Waals surface area contributed by atoms with Crippen molar-refractivity contribution in [1.29, 1.82) is 0 Å². The predicted molar refractivity (Wildman–Crippen MR) is 77.2 cm³/mol. The van der Waals surface area contributed by atoms with Gasteiger partial charge in [0.05, 0.1) is 5.92 Å². The van der Waals surface area contributed by atoms with E-state index in [0.717, 1.165) is 44.9 Å². The standard InChI is InChI=1S/C16H25NO3/c18-15(11-12-7-5-6-8-12)17-14-10-4-2-1-3-9-13(14)16(19)20/h5,7,12-14H,1-4,6,8-11H2,(H,17,18)(H,19,20). The minimum absolute atomic E-state index is 0.0124. The fourth-order valence-electron chi connectivity index (χ4n) is 3.32. The SMILES string of the molecule is O=C(CC1C=CCC1)NC1CCCCCCC1C(=O)O. The molecule has 0 aromatic heterocycles. The van der Waals surface area contributed by atoms with Crippen LogP contribution in [0.3, 0.4) is 0 Å². The van der Waals surface area contributed by atoms with Crippen LogP contribution >= 0.6 is 0 Å². The summed E-state index contributed by atoms with van der Waals surface area (Å²) in [6, 6.07) is -0.189. The lowest BCUT2D eigenvalue weighted by Gasteiger charge is -2.27. The fourth-order valence-corrected chi connectivity index (χ4v) is 3.32. The van der Waals surface area contributed by atoms with Crippen LogP contribution in [0.4, 0.5) is 0 Å². The lowest BCUT2D eigenvalue weighted by Crippen LogP contribution is -2.44. The molecule has 1 saturated carbocycles. The molecule has 0 heterocycles. The monoisotopic (exact) mass is 279 g/mol. The van der Waals surface area contributed by atoms with Crippen LogP contribution < -0.4 is 5.32 Å². The molecule has 2 rings (SSSR count). The van der Waals surface area contributed by atoms with Gasteiger partial charge in [-0.15, -0.1) is 0 Å². The van der Waals surface area contributed by atoms with E-state index >= 15 is 0 Å². The van der Waals surface area contributed by atoms with E-state index in [1.54, 1.807) is 0 Å². The van der Waals surface area contributed by atoms with Gasteiger partial charge in [-0.25, -0.2) is 0 Å². The Bertz CT molecular complexity index is 378. The zero-order chi connectivity index (χ0) is 14.4. The van der Waals surface area contributed by atoms with E-state index in [0.29, 0.717) is 18.8 Å². The Morgan fingerprint density at radius 2 is 1.85 bits per heavy atom. The van der Waals surface area contributed by atoms with Gasteiger partial charge in [0.1, 0.15) is 0 Å². The summed E-state index contributed by atoms with van der Waals surface area (Å²) < 4.78 is 0. The second-order valence-electron chi connectivity index (χ2n) is 6.08. The second kappa shape index (κ2) is 7.46. The topological polar surface area (TPSA) is 66.4 Å². The van der Waals surface area contributed by atoms with Gasteiger partial charge in [-0.1, -0.05) is 37.8 Å². The highest BCUT2D eigenvalue weighted by atomic mass is 16.4. The number of amides is 1. The third kappa shape index (κ3) is 4.36. The molecule has 0 aliphatic heterocycles. The smallest absolute Gasteiger partial charge is 0.308 e. The molecule has 2 N–H and O–H groups in total. The van der Waals surface area contributed by atoms with Crippen molar-refractivity contribution in [2.45, 2.75) is 63.8 Å². The van der Waals surface area contributed by atoms with Crippen molar-refractivity contribution < 1.29 is 14.7 Å². The zero-order valence-electron chi connectivity index (χ0n) is 12.0. The first-order chi connectivity index (χ1) is 9.66. The Morgan fingerprint density at radius 3 is 2.50 bits per heavy atom. The minimum Gasteiger partial charge on any atom is -0.481 e. The Kier molecular flexibility index (Phi) is 5.62. The number of rotatable bonds is 4. The summed E-state index contributed by atoms with van der Waals surface area (Å²) in [6.07, 6.45) is 12.5. The van der Waals surface area contributed by atoms with Crippen LogP contribution in [-0.4, -0.2) is 23.0 Å². The maximum Gasteiger partial charge on any atom is 0.308 e. The van der Waals surface area contributed by atoms with Gasteiger partial charge in [0.25, 0.3) is 0 Å². The van der Waals surface area contributed by atoms with Gasteiger partial charge in [-0.3, -0.25) is 9.59 Å². The molecule has 4 heteroatoms. The average molecular weight is 279 g/mol. The molecule has 2 aliphatic rings. The average Bonchev–Trinajstić information content (AvgIpc) is 2.85. The van der Waals surface area contributed by atoms with Crippen molar-refractivity contribution in [3.63, 3.8) is 0 Å². The number of hydrogen-bond donors (Lipinski definition) is 2. The summed E-state index contributed by atoms with van der Waals surface area (Å²) in [5.74, 6) is -0.832. The van der Waals surface area contributed by atoms with E-state index < -0.39 is 11.9 Å². The molecule has 1 amide bonds. The van der Waals surface area contributed by atoms with Crippen LogP contribution in [0.1, 0.15) is 57.8 Å². The van der Waals surface area contributed by atoms with Crippen LogP contribution in [-0.2, 0) is 9.59 Å². The lowest BCUT2D eigenvalue weighted by atomic mass is 9.86. The fraction of sp³-hybridized carbons (Fsp3) is 0.750. The number of aliphatic carboxylic acids is 1. The number of hydrogen-bond acceptors (Lipinski definition) is 2. The number of carbonyl (C=O) groups is 2. The highest BCUT2D eigenvalue weighted by Gasteiger charge is 2.30. The summed E-state index contributed by atoms with van der Waals surface area (Å²) in [6.45, 7) is 0. The third-order valence-corrected chi connectivity index (χ3v) is 4.49. The molecule has 0 aromatic rings. The first kappa shape index (κ1) is 15.1. The van der Waals surface area contributed by atoms with Gasteiger partial charge in [0, 0.05) is 12.5 Å². The first-order valence-corrected chi connectivity index (χ1v) is 7.85. The molecule has 3 unspecified atom stereocenters. The molecule has 0 spiro atoms. The van der Waals surface area contributed by atoms with E-state index in [2.05, 4.69) is 17.5 Å². The Balaban J connectivity index is 1.89. The maximum absolute atomic E-state index is 12.1. The van der Waals surface area contributed by atoms with Crippen molar-refractivity contribution >= 4 is 11.9 Å². The van der Waals surface area contributed by atoms with Gasteiger partial charge in [-0.2, -0.15) is 0 Å². The molecule has 112 valence electrons. The van der Waals surface area contributed by atoms with Crippen LogP contribution in [0.15, 0.2) is 12.2 Å². The Morgan fingerprint density at radius 1 is 1.10 bits per heavy atom. The largest absolute Gasteiger partial charge is 0.481 e. The van der Waals surface area contributed by atoms with Crippen molar-refractivity contribution in [3.05, 3.63) is 12.2 Å². The lowest BCUT2D eigenvalue weighted by molar-refractivity contribution is -0.143. The summed E-state index contributed by atoms with van der Waals surface area (Å²) in [4.78, 5) is 23.5. The van der Waals surface area contributed by atoms with Crippen LogP contribution in [0.5, 0.6) is 0 Å². The molecule has 0 bridgehead atoms. The molecule has 1 fully saturated rings. The van der Waals surface area contributed by atoms with E-state index in [1.807, 2.05) is 0 Å². The van der Waals surface area contributed by atoms with Crippen LogP contribution in [0, 0.1) is 11.8 Å². The summed E-state index contributed by atoms with van der Waals surface area (Å²) in [5, 5.41) is 12.4. The van der Waals surface area contributed by atoms with Crippen molar-refractivity contribution in [3.8, 4) is 0 Å². The van der Waals surface area contributed by atoms with Crippen molar-refractivity contribution in [1.82, 2.24) is 5.32 Å². The number of carbonyl (C=O) groups excluding carboxylic acids is 1. The molecule has 0 saturated heterocycles. The van der Waals surface area contributed by atoms with Gasteiger partial charge >= 0.3 is 5.97 Å². The molecule has 0 aromatic carbocycles. The van der Waals surface area contributed by atoms with E-state index in [1.165, 1.54) is 0 Å². The van der Waals surface area contributed by atoms with Crippen molar-refractivity contribution in [2.24, 2.45) is 11.8 Å². The van der Waals surface area contributed by atoms with Gasteiger partial charge in [0.2, 0.25) is 5.91 Å². The van der Waals surface area contributed by atoms with E-state index in [-0.39, 0.29) is 11.9 Å². The summed E-state index contributed by atoms with van der Waals surface area (Å²) >= 11 is 0. The second-order valence-corrected chi connectivity index (χ2v) is 6.08. The van der Waals surface area contributed by atoms with Gasteiger partial charge in [-0.05, 0) is 31.6 Å². The molecule has 4 nitrogen and oxygen atoms in total. The number of carboxylic acids is 1. The number of carboxylic acid groups (broad SMARTS) is 1.